The Labute approximate surface area is 170 Å². The third-order valence-corrected chi connectivity index (χ3v) is 6.80. The van der Waals surface area contributed by atoms with Gasteiger partial charge in [0.15, 0.2) is 9.84 Å². The molecule has 1 N–H and O–H groups in total. The highest BCUT2D eigenvalue weighted by molar-refractivity contribution is 7.91. The Morgan fingerprint density at radius 2 is 2.00 bits per heavy atom. The number of sulfone groups is 1. The third-order valence-electron chi connectivity index (χ3n) is 5.03. The van der Waals surface area contributed by atoms with Crippen molar-refractivity contribution in [2.45, 2.75) is 26.3 Å². The van der Waals surface area contributed by atoms with Crippen molar-refractivity contribution in [3.63, 3.8) is 0 Å². The fraction of sp³-hybridized carbons (Fsp3) is 0.333. The third kappa shape index (κ3) is 4.51. The van der Waals surface area contributed by atoms with Crippen LogP contribution in [0.25, 0.3) is 11.8 Å². The van der Waals surface area contributed by atoms with Crippen LogP contribution < -0.4 is 10.1 Å². The Hall–Kier alpha value is -3.05. The smallest absolute Gasteiger partial charge is 0.262 e. The SMILES string of the molecule is COc1ccc(-n2c(C)cc(/C=C(/C#N)C(=O)NC3CCS(=O)(=O)C3)c2C)cc1. The molecule has 1 aliphatic rings. The minimum absolute atomic E-state index is 0.0516. The summed E-state index contributed by atoms with van der Waals surface area (Å²) in [5, 5.41) is 12.1. The monoisotopic (exact) mass is 413 g/mol. The van der Waals surface area contributed by atoms with Crippen LogP contribution in [0.3, 0.4) is 0 Å². The predicted octanol–water partition coefficient (Wildman–Crippen LogP) is 2.31. The highest BCUT2D eigenvalue weighted by atomic mass is 32.2. The summed E-state index contributed by atoms with van der Waals surface area (Å²) in [6.45, 7) is 3.86. The number of benzene rings is 1. The Morgan fingerprint density at radius 1 is 1.31 bits per heavy atom. The molecule has 1 aliphatic heterocycles. The zero-order valence-corrected chi connectivity index (χ0v) is 17.4. The second-order valence-corrected chi connectivity index (χ2v) is 9.33. The molecule has 2 aromatic rings. The first-order valence-electron chi connectivity index (χ1n) is 9.20. The van der Waals surface area contributed by atoms with Gasteiger partial charge >= 0.3 is 0 Å². The molecule has 0 radical (unpaired) electrons. The van der Waals surface area contributed by atoms with Crippen LogP contribution >= 0.6 is 0 Å². The number of methoxy groups -OCH3 is 1. The lowest BCUT2D eigenvalue weighted by Gasteiger charge is -2.11. The molecule has 8 heteroatoms. The van der Waals surface area contributed by atoms with E-state index in [0.717, 1.165) is 28.4 Å². The Kier molecular flexibility index (Phi) is 5.80. The Balaban J connectivity index is 1.86. The van der Waals surface area contributed by atoms with E-state index in [4.69, 9.17) is 4.74 Å². The van der Waals surface area contributed by atoms with Gasteiger partial charge in [-0.25, -0.2) is 8.42 Å². The van der Waals surface area contributed by atoms with Crippen LogP contribution in [0.2, 0.25) is 0 Å². The van der Waals surface area contributed by atoms with Crippen LogP contribution in [0, 0.1) is 25.2 Å². The summed E-state index contributed by atoms with van der Waals surface area (Å²) in [5.41, 5.74) is 3.49. The van der Waals surface area contributed by atoms with Gasteiger partial charge < -0.3 is 14.6 Å². The molecule has 0 saturated carbocycles. The lowest BCUT2D eigenvalue weighted by Crippen LogP contribution is -2.36. The maximum absolute atomic E-state index is 12.5. The molecule has 1 fully saturated rings. The second-order valence-electron chi connectivity index (χ2n) is 7.10. The number of rotatable bonds is 5. The molecule has 1 atom stereocenters. The van der Waals surface area contributed by atoms with E-state index in [9.17, 15) is 18.5 Å². The lowest BCUT2D eigenvalue weighted by atomic mass is 10.1. The molecule has 1 amide bonds. The largest absolute Gasteiger partial charge is 0.497 e. The molecule has 1 unspecified atom stereocenters. The zero-order chi connectivity index (χ0) is 21.2. The fourth-order valence-electron chi connectivity index (χ4n) is 3.54. The highest BCUT2D eigenvalue weighted by Crippen LogP contribution is 2.24. The first kappa shape index (κ1) is 20.7. The Morgan fingerprint density at radius 3 is 2.55 bits per heavy atom. The highest BCUT2D eigenvalue weighted by Gasteiger charge is 2.29. The van der Waals surface area contributed by atoms with Gasteiger partial charge in [-0.3, -0.25) is 4.79 Å². The number of carbonyl (C=O) groups is 1. The van der Waals surface area contributed by atoms with Gasteiger partial charge in [-0.15, -0.1) is 0 Å². The van der Waals surface area contributed by atoms with Crippen molar-refractivity contribution in [2.75, 3.05) is 18.6 Å². The summed E-state index contributed by atoms with van der Waals surface area (Å²) in [7, 11) is -1.50. The maximum atomic E-state index is 12.5. The summed E-state index contributed by atoms with van der Waals surface area (Å²) in [4.78, 5) is 12.5. The number of ether oxygens (including phenoxy) is 1. The minimum atomic E-state index is -3.11. The summed E-state index contributed by atoms with van der Waals surface area (Å²) >= 11 is 0. The number of aromatic nitrogens is 1. The quantitative estimate of drug-likeness (QED) is 0.599. The van der Waals surface area contributed by atoms with Gasteiger partial charge in [-0.1, -0.05) is 0 Å². The van der Waals surface area contributed by atoms with E-state index in [0.29, 0.717) is 6.42 Å². The molecular weight excluding hydrogens is 390 g/mol. The number of nitriles is 1. The van der Waals surface area contributed by atoms with E-state index in [-0.39, 0.29) is 17.1 Å². The van der Waals surface area contributed by atoms with Crippen molar-refractivity contribution in [3.8, 4) is 17.5 Å². The van der Waals surface area contributed by atoms with Gasteiger partial charge in [-0.05, 0) is 62.2 Å². The van der Waals surface area contributed by atoms with Gasteiger partial charge in [0, 0.05) is 23.1 Å². The number of aryl methyl sites for hydroxylation is 1. The number of amides is 1. The molecule has 1 aromatic heterocycles. The predicted molar refractivity (Wildman–Crippen MR) is 111 cm³/mol. The van der Waals surface area contributed by atoms with Gasteiger partial charge in [0.1, 0.15) is 17.4 Å². The normalized spacial score (nSPS) is 18.3. The topological polar surface area (TPSA) is 101 Å². The Bertz CT molecular complexity index is 1110. The van der Waals surface area contributed by atoms with Crippen LogP contribution in [0.1, 0.15) is 23.4 Å². The number of hydrogen-bond donors (Lipinski definition) is 1. The second kappa shape index (κ2) is 8.13. The summed E-state index contributed by atoms with van der Waals surface area (Å²) < 4.78 is 30.4. The van der Waals surface area contributed by atoms with Gasteiger partial charge in [0.05, 0.1) is 18.6 Å². The molecule has 3 rings (SSSR count). The van der Waals surface area contributed by atoms with Crippen LogP contribution in [-0.2, 0) is 14.6 Å². The standard InChI is InChI=1S/C21H23N3O4S/c1-14-10-16(15(2)24(14)19-4-6-20(28-3)7-5-19)11-17(12-22)21(25)23-18-8-9-29(26,27)13-18/h4-7,10-11,18H,8-9,13H2,1-3H3,(H,23,25)/b17-11-. The zero-order valence-electron chi connectivity index (χ0n) is 16.6. The van der Waals surface area contributed by atoms with Crippen LogP contribution in [0.4, 0.5) is 0 Å². The van der Waals surface area contributed by atoms with Crippen molar-refractivity contribution in [1.29, 1.82) is 5.26 Å². The average Bonchev–Trinajstić information content (AvgIpc) is 3.17. The first-order chi connectivity index (χ1) is 13.7. The van der Waals surface area contributed by atoms with Crippen LogP contribution in [-0.4, -0.2) is 43.5 Å². The van der Waals surface area contributed by atoms with Gasteiger partial charge in [0.25, 0.3) is 5.91 Å². The van der Waals surface area contributed by atoms with Crippen molar-refractivity contribution >= 4 is 21.8 Å². The maximum Gasteiger partial charge on any atom is 0.262 e. The van der Waals surface area contributed by atoms with Gasteiger partial charge in [-0.2, -0.15) is 5.26 Å². The first-order valence-corrected chi connectivity index (χ1v) is 11.0. The van der Waals surface area contributed by atoms with E-state index >= 15 is 0 Å². The molecule has 2 heterocycles. The summed E-state index contributed by atoms with van der Waals surface area (Å²) in [6.07, 6.45) is 1.92. The minimum Gasteiger partial charge on any atom is -0.497 e. The van der Waals surface area contributed by atoms with E-state index in [1.54, 1.807) is 13.2 Å². The van der Waals surface area contributed by atoms with Crippen LogP contribution in [0.5, 0.6) is 5.75 Å². The molecule has 1 saturated heterocycles. The molecule has 152 valence electrons. The van der Waals surface area contributed by atoms with E-state index in [1.807, 2.05) is 54.8 Å². The molecule has 0 aliphatic carbocycles. The fourth-order valence-corrected chi connectivity index (χ4v) is 5.21. The molecule has 0 spiro atoms. The molecular formula is C21H23N3O4S. The van der Waals surface area contributed by atoms with Gasteiger partial charge in [0.2, 0.25) is 0 Å². The number of nitrogens with zero attached hydrogens (tertiary/aromatic N) is 2. The van der Waals surface area contributed by atoms with Crippen molar-refractivity contribution in [2.24, 2.45) is 0 Å². The van der Waals surface area contributed by atoms with Crippen molar-refractivity contribution in [1.82, 2.24) is 9.88 Å². The van der Waals surface area contributed by atoms with Crippen LogP contribution in [0.15, 0.2) is 35.9 Å². The number of carbonyl (C=O) groups excluding carboxylic acids is 1. The molecule has 29 heavy (non-hydrogen) atoms. The van der Waals surface area contributed by atoms with E-state index < -0.39 is 21.8 Å². The van der Waals surface area contributed by atoms with E-state index in [2.05, 4.69) is 5.32 Å². The summed E-state index contributed by atoms with van der Waals surface area (Å²) in [6, 6.07) is 11.0. The van der Waals surface area contributed by atoms with Crippen molar-refractivity contribution in [3.05, 3.63) is 52.9 Å². The summed E-state index contributed by atoms with van der Waals surface area (Å²) in [5.74, 6) is 0.188. The molecule has 7 nitrogen and oxygen atoms in total. The molecule has 0 bridgehead atoms. The van der Waals surface area contributed by atoms with E-state index in [1.165, 1.54) is 0 Å². The molecule has 1 aromatic carbocycles. The lowest BCUT2D eigenvalue weighted by molar-refractivity contribution is -0.117. The average molecular weight is 413 g/mol. The number of hydrogen-bond acceptors (Lipinski definition) is 5. The number of nitrogens with one attached hydrogen (secondary N) is 1. The van der Waals surface area contributed by atoms with Crippen molar-refractivity contribution < 1.29 is 17.9 Å².